The third kappa shape index (κ3) is 1.73. The van der Waals surface area contributed by atoms with E-state index in [0.29, 0.717) is 0 Å². The molecule has 0 radical (unpaired) electrons. The molecule has 0 aromatic heterocycles. The van der Waals surface area contributed by atoms with Crippen molar-refractivity contribution in [1.29, 1.82) is 0 Å². The Hall–Kier alpha value is -1.06. The number of amides is 3. The minimum atomic E-state index is -0.714. The highest BCUT2D eigenvalue weighted by Gasteiger charge is 2.47. The first kappa shape index (κ1) is 10.5. The van der Waals surface area contributed by atoms with Crippen LogP contribution in [0.15, 0.2) is 0 Å². The van der Waals surface area contributed by atoms with Gasteiger partial charge < -0.3 is 5.32 Å². The molecule has 2 rings (SSSR count). The SMILES string of the molecule is CC1(C)NC(=O)N(C2CCCCC2)C1=O. The van der Waals surface area contributed by atoms with Gasteiger partial charge in [-0.25, -0.2) is 4.79 Å². The van der Waals surface area contributed by atoms with Gasteiger partial charge in [0.2, 0.25) is 0 Å². The predicted octanol–water partition coefficient (Wildman–Crippen LogP) is 1.65. The van der Waals surface area contributed by atoms with E-state index in [2.05, 4.69) is 5.32 Å². The Morgan fingerprint density at radius 3 is 2.27 bits per heavy atom. The van der Waals surface area contributed by atoms with Crippen LogP contribution >= 0.6 is 0 Å². The summed E-state index contributed by atoms with van der Waals surface area (Å²) < 4.78 is 0. The van der Waals surface area contributed by atoms with Crippen molar-refractivity contribution in [3.8, 4) is 0 Å². The summed E-state index contributed by atoms with van der Waals surface area (Å²) in [5, 5.41) is 2.73. The Bertz CT molecular complexity index is 293. The summed E-state index contributed by atoms with van der Waals surface area (Å²) in [6.45, 7) is 3.52. The molecule has 15 heavy (non-hydrogen) atoms. The number of imide groups is 1. The maximum atomic E-state index is 12.0. The van der Waals surface area contributed by atoms with Crippen molar-refractivity contribution < 1.29 is 9.59 Å². The molecule has 1 aliphatic carbocycles. The van der Waals surface area contributed by atoms with E-state index in [1.807, 2.05) is 0 Å². The molecule has 2 aliphatic rings. The molecule has 0 aromatic carbocycles. The van der Waals surface area contributed by atoms with Gasteiger partial charge in [0.05, 0.1) is 0 Å². The van der Waals surface area contributed by atoms with Crippen molar-refractivity contribution in [2.75, 3.05) is 0 Å². The second-order valence-electron chi connectivity index (χ2n) is 5.02. The molecule has 0 spiro atoms. The molecule has 2 fully saturated rings. The van der Waals surface area contributed by atoms with Crippen molar-refractivity contribution >= 4 is 11.9 Å². The first-order valence-corrected chi connectivity index (χ1v) is 5.68. The molecule has 3 amide bonds. The molecule has 4 heteroatoms. The minimum Gasteiger partial charge on any atom is -0.324 e. The number of carbonyl (C=O) groups excluding carboxylic acids is 2. The van der Waals surface area contributed by atoms with E-state index in [-0.39, 0.29) is 18.0 Å². The maximum absolute atomic E-state index is 12.0. The monoisotopic (exact) mass is 210 g/mol. The van der Waals surface area contributed by atoms with Gasteiger partial charge in [-0.05, 0) is 26.7 Å². The number of hydrogen-bond acceptors (Lipinski definition) is 2. The second kappa shape index (κ2) is 3.51. The third-order valence-corrected chi connectivity index (χ3v) is 3.33. The normalized spacial score (nSPS) is 26.9. The quantitative estimate of drug-likeness (QED) is 0.669. The van der Waals surface area contributed by atoms with Crippen LogP contribution < -0.4 is 5.32 Å². The number of nitrogens with zero attached hydrogens (tertiary/aromatic N) is 1. The van der Waals surface area contributed by atoms with Crippen molar-refractivity contribution in [3.05, 3.63) is 0 Å². The fourth-order valence-electron chi connectivity index (χ4n) is 2.45. The zero-order chi connectivity index (χ0) is 11.1. The molecule has 1 N–H and O–H groups in total. The van der Waals surface area contributed by atoms with Crippen molar-refractivity contribution in [3.63, 3.8) is 0 Å². The number of urea groups is 1. The predicted molar refractivity (Wildman–Crippen MR) is 56.3 cm³/mol. The fraction of sp³-hybridized carbons (Fsp3) is 0.818. The Kier molecular flexibility index (Phi) is 2.44. The lowest BCUT2D eigenvalue weighted by atomic mass is 9.93. The minimum absolute atomic E-state index is 0.0700. The number of carbonyl (C=O) groups is 2. The first-order chi connectivity index (χ1) is 7.02. The van der Waals surface area contributed by atoms with E-state index in [1.165, 1.54) is 11.3 Å². The van der Waals surface area contributed by atoms with Gasteiger partial charge in [-0.3, -0.25) is 9.69 Å². The summed E-state index contributed by atoms with van der Waals surface area (Å²) in [5.41, 5.74) is -0.714. The summed E-state index contributed by atoms with van der Waals surface area (Å²) in [5.74, 6) is -0.0700. The lowest BCUT2D eigenvalue weighted by Gasteiger charge is -2.29. The standard InChI is InChI=1S/C11H18N2O2/c1-11(2)9(14)13(10(15)12-11)8-6-4-3-5-7-8/h8H,3-7H2,1-2H3,(H,12,15). The molecule has 0 bridgehead atoms. The summed E-state index contributed by atoms with van der Waals surface area (Å²) in [4.78, 5) is 25.1. The van der Waals surface area contributed by atoms with Crippen LogP contribution in [0.3, 0.4) is 0 Å². The highest BCUT2D eigenvalue weighted by molar-refractivity contribution is 6.06. The van der Waals surface area contributed by atoms with Crippen LogP contribution in [0.2, 0.25) is 0 Å². The Balaban J connectivity index is 2.14. The lowest BCUT2D eigenvalue weighted by molar-refractivity contribution is -0.132. The van der Waals surface area contributed by atoms with Crippen LogP contribution in [-0.4, -0.2) is 28.4 Å². The molecule has 84 valence electrons. The summed E-state index contributed by atoms with van der Waals surface area (Å²) in [6, 6.07) is -0.0788. The smallest absolute Gasteiger partial charge is 0.324 e. The highest BCUT2D eigenvalue weighted by atomic mass is 16.2. The van der Waals surface area contributed by atoms with Crippen LogP contribution in [0, 0.1) is 0 Å². The highest BCUT2D eigenvalue weighted by Crippen LogP contribution is 2.27. The van der Waals surface area contributed by atoms with Gasteiger partial charge in [0.1, 0.15) is 5.54 Å². The third-order valence-electron chi connectivity index (χ3n) is 3.33. The van der Waals surface area contributed by atoms with Crippen molar-refractivity contribution in [1.82, 2.24) is 10.2 Å². The van der Waals surface area contributed by atoms with E-state index in [9.17, 15) is 9.59 Å². The van der Waals surface area contributed by atoms with Gasteiger partial charge >= 0.3 is 6.03 Å². The Labute approximate surface area is 90.0 Å². The van der Waals surface area contributed by atoms with Gasteiger partial charge in [-0.15, -0.1) is 0 Å². The number of hydrogen-bond donors (Lipinski definition) is 1. The van der Waals surface area contributed by atoms with E-state index in [1.54, 1.807) is 13.8 Å². The summed E-state index contributed by atoms with van der Waals surface area (Å²) in [7, 11) is 0. The fourth-order valence-corrected chi connectivity index (χ4v) is 2.45. The molecule has 0 aromatic rings. The maximum Gasteiger partial charge on any atom is 0.325 e. The summed E-state index contributed by atoms with van der Waals surface area (Å²) in [6.07, 6.45) is 5.42. The molecule has 0 atom stereocenters. The van der Waals surface area contributed by atoms with Gasteiger partial charge in [0.25, 0.3) is 5.91 Å². The molecule has 1 heterocycles. The molecule has 1 saturated carbocycles. The largest absolute Gasteiger partial charge is 0.325 e. The Morgan fingerprint density at radius 1 is 1.20 bits per heavy atom. The van der Waals surface area contributed by atoms with Crippen molar-refractivity contribution in [2.45, 2.75) is 57.5 Å². The molecular formula is C11H18N2O2. The average molecular weight is 210 g/mol. The van der Waals surface area contributed by atoms with Crippen LogP contribution in [-0.2, 0) is 4.79 Å². The number of nitrogens with one attached hydrogen (secondary N) is 1. The van der Waals surface area contributed by atoms with Crippen LogP contribution in [0.5, 0.6) is 0 Å². The van der Waals surface area contributed by atoms with E-state index in [4.69, 9.17) is 0 Å². The Morgan fingerprint density at radius 2 is 1.80 bits per heavy atom. The molecule has 1 saturated heterocycles. The van der Waals surface area contributed by atoms with Crippen LogP contribution in [0.4, 0.5) is 4.79 Å². The van der Waals surface area contributed by atoms with Crippen LogP contribution in [0.25, 0.3) is 0 Å². The topological polar surface area (TPSA) is 49.4 Å². The van der Waals surface area contributed by atoms with E-state index >= 15 is 0 Å². The number of rotatable bonds is 1. The van der Waals surface area contributed by atoms with Gasteiger partial charge in [-0.1, -0.05) is 19.3 Å². The van der Waals surface area contributed by atoms with Gasteiger partial charge in [0, 0.05) is 6.04 Å². The first-order valence-electron chi connectivity index (χ1n) is 5.68. The second-order valence-corrected chi connectivity index (χ2v) is 5.02. The van der Waals surface area contributed by atoms with Crippen molar-refractivity contribution in [2.24, 2.45) is 0 Å². The zero-order valence-electron chi connectivity index (χ0n) is 9.38. The lowest BCUT2D eigenvalue weighted by Crippen LogP contribution is -2.44. The average Bonchev–Trinajstić information content (AvgIpc) is 2.38. The zero-order valence-corrected chi connectivity index (χ0v) is 9.38. The summed E-state index contributed by atoms with van der Waals surface area (Å²) >= 11 is 0. The molecular weight excluding hydrogens is 192 g/mol. The molecule has 4 nitrogen and oxygen atoms in total. The van der Waals surface area contributed by atoms with Gasteiger partial charge in [0.15, 0.2) is 0 Å². The molecule has 0 unspecified atom stereocenters. The van der Waals surface area contributed by atoms with E-state index < -0.39 is 5.54 Å². The molecule has 1 aliphatic heterocycles. The van der Waals surface area contributed by atoms with E-state index in [0.717, 1.165) is 25.7 Å². The van der Waals surface area contributed by atoms with Crippen LogP contribution in [0.1, 0.15) is 46.0 Å². The van der Waals surface area contributed by atoms with Gasteiger partial charge in [-0.2, -0.15) is 0 Å².